The molecule has 35 heavy (non-hydrogen) atoms. The van der Waals surface area contributed by atoms with E-state index in [-0.39, 0.29) is 40.4 Å². The molecule has 3 aromatic rings. The van der Waals surface area contributed by atoms with Crippen LogP contribution >= 0.6 is 11.6 Å². The Morgan fingerprint density at radius 2 is 1.83 bits per heavy atom. The molecule has 9 heteroatoms. The average molecular weight is 494 g/mol. The van der Waals surface area contributed by atoms with E-state index in [0.717, 1.165) is 5.56 Å². The summed E-state index contributed by atoms with van der Waals surface area (Å²) in [6, 6.07) is 7.76. The van der Waals surface area contributed by atoms with Gasteiger partial charge in [-0.2, -0.15) is 5.10 Å². The van der Waals surface area contributed by atoms with E-state index in [1.54, 1.807) is 23.0 Å². The zero-order valence-electron chi connectivity index (χ0n) is 19.6. The lowest BCUT2D eigenvalue weighted by Crippen LogP contribution is -2.47. The van der Waals surface area contributed by atoms with Gasteiger partial charge in [-0.3, -0.25) is 14.3 Å². The lowest BCUT2D eigenvalue weighted by molar-refractivity contribution is -0.125. The molecule has 0 atom stereocenters. The summed E-state index contributed by atoms with van der Waals surface area (Å²) in [7, 11) is 0. The van der Waals surface area contributed by atoms with E-state index in [1.807, 2.05) is 26.8 Å². The van der Waals surface area contributed by atoms with Crippen LogP contribution in [0.15, 0.2) is 42.7 Å². The van der Waals surface area contributed by atoms with Gasteiger partial charge in [0, 0.05) is 29.3 Å². The number of hydrogen-bond donors (Lipinski definition) is 2. The fraction of sp³-hybridized carbons (Fsp3) is 0.308. The van der Waals surface area contributed by atoms with Crippen molar-refractivity contribution in [2.75, 3.05) is 5.32 Å². The van der Waals surface area contributed by atoms with Crippen molar-refractivity contribution in [1.29, 1.82) is 0 Å². The number of carbonyl (C=O) groups is 2. The van der Waals surface area contributed by atoms with Crippen LogP contribution in [0.1, 0.15) is 59.9 Å². The van der Waals surface area contributed by atoms with E-state index in [0.29, 0.717) is 29.8 Å². The number of anilines is 1. The lowest BCUT2D eigenvalue weighted by atomic mass is 9.86. The van der Waals surface area contributed by atoms with Crippen molar-refractivity contribution in [1.82, 2.24) is 20.1 Å². The molecule has 0 bridgehead atoms. The average Bonchev–Trinajstić information content (AvgIpc) is 3.17. The summed E-state index contributed by atoms with van der Waals surface area (Å²) >= 11 is 6.29. The smallest absolute Gasteiger partial charge is 0.276 e. The van der Waals surface area contributed by atoms with E-state index in [1.165, 1.54) is 18.3 Å². The zero-order chi connectivity index (χ0) is 25.1. The van der Waals surface area contributed by atoms with Gasteiger partial charge >= 0.3 is 0 Å². The molecule has 0 unspecified atom stereocenters. The quantitative estimate of drug-likeness (QED) is 0.512. The molecule has 4 rings (SSSR count). The van der Waals surface area contributed by atoms with Gasteiger partial charge in [-0.15, -0.1) is 0 Å². The minimum Gasteiger partial charge on any atom is -0.353 e. The van der Waals surface area contributed by atoms with Crippen LogP contribution in [0.5, 0.6) is 0 Å². The zero-order valence-corrected chi connectivity index (χ0v) is 20.4. The molecule has 2 amide bonds. The molecular formula is C26H25ClFN5O2. The Morgan fingerprint density at radius 3 is 2.49 bits per heavy atom. The SMILES string of the molecule is Cc1cc(C#Cc2ccc(F)cc2)cnc1NC(=O)c1c(Cl)cnn1[C@H]1C[C@H](NC(=O)C(C)C)C1. The second-order valence-corrected chi connectivity index (χ2v) is 9.28. The molecule has 7 nitrogen and oxygen atoms in total. The maximum Gasteiger partial charge on any atom is 0.276 e. The standard InChI is InChI=1S/C26H25ClFN5O2/c1-15(2)25(34)31-20-11-21(12-20)33-23(22(27)14-30-33)26(35)32-24-16(3)10-18(13-29-24)5-4-17-6-8-19(28)9-7-17/h6-10,13-15,20-21H,11-12H2,1-3H3,(H,31,34)(H,29,32,35)/t20-,21-. The summed E-state index contributed by atoms with van der Waals surface area (Å²) in [6.07, 6.45) is 4.36. The van der Waals surface area contributed by atoms with Crippen molar-refractivity contribution >= 4 is 29.2 Å². The molecule has 1 aliphatic rings. The minimum atomic E-state index is -0.414. The molecule has 2 N–H and O–H groups in total. The van der Waals surface area contributed by atoms with Crippen molar-refractivity contribution in [3.8, 4) is 11.8 Å². The predicted molar refractivity (Wildman–Crippen MR) is 132 cm³/mol. The molecule has 0 saturated heterocycles. The molecule has 0 spiro atoms. The first-order valence-electron chi connectivity index (χ1n) is 11.3. The molecule has 1 aliphatic carbocycles. The van der Waals surface area contributed by atoms with Crippen molar-refractivity contribution in [2.45, 2.75) is 45.7 Å². The molecule has 2 heterocycles. The molecule has 1 saturated carbocycles. The summed E-state index contributed by atoms with van der Waals surface area (Å²) in [5.74, 6) is 5.54. The van der Waals surface area contributed by atoms with Gasteiger partial charge in [0.25, 0.3) is 5.91 Å². The van der Waals surface area contributed by atoms with Gasteiger partial charge in [0.15, 0.2) is 0 Å². The summed E-state index contributed by atoms with van der Waals surface area (Å²) in [5, 5.41) is 10.3. The molecule has 0 aliphatic heterocycles. The minimum absolute atomic E-state index is 0.0114. The van der Waals surface area contributed by atoms with E-state index in [4.69, 9.17) is 11.6 Å². The Morgan fingerprint density at radius 1 is 1.14 bits per heavy atom. The topological polar surface area (TPSA) is 88.9 Å². The summed E-state index contributed by atoms with van der Waals surface area (Å²) in [4.78, 5) is 29.3. The second-order valence-electron chi connectivity index (χ2n) is 8.87. The van der Waals surface area contributed by atoms with Crippen LogP contribution in [-0.4, -0.2) is 32.6 Å². The monoisotopic (exact) mass is 493 g/mol. The Bertz CT molecular complexity index is 1320. The van der Waals surface area contributed by atoms with Crippen LogP contribution in [0.3, 0.4) is 0 Å². The highest BCUT2D eigenvalue weighted by Crippen LogP contribution is 2.34. The van der Waals surface area contributed by atoms with Gasteiger partial charge in [-0.05, 0) is 55.7 Å². The number of halogens is 2. The Kier molecular flexibility index (Phi) is 7.17. The number of nitrogens with zero attached hydrogens (tertiary/aromatic N) is 3. The van der Waals surface area contributed by atoms with Crippen LogP contribution in [0.4, 0.5) is 10.2 Å². The molecule has 1 aromatic carbocycles. The summed E-state index contributed by atoms with van der Waals surface area (Å²) < 4.78 is 14.7. The molecular weight excluding hydrogens is 469 g/mol. The van der Waals surface area contributed by atoms with Gasteiger partial charge in [0.1, 0.15) is 17.3 Å². The van der Waals surface area contributed by atoms with Gasteiger partial charge in [0.05, 0.1) is 17.3 Å². The highest BCUT2D eigenvalue weighted by Gasteiger charge is 2.35. The molecule has 1 fully saturated rings. The number of hydrogen-bond acceptors (Lipinski definition) is 4. The second kappa shape index (κ2) is 10.3. The number of nitrogens with one attached hydrogen (secondary N) is 2. The number of amides is 2. The highest BCUT2D eigenvalue weighted by atomic mass is 35.5. The predicted octanol–water partition coefficient (Wildman–Crippen LogP) is 4.51. The van der Waals surface area contributed by atoms with E-state index < -0.39 is 5.91 Å². The number of aryl methyl sites for hydroxylation is 1. The number of carbonyl (C=O) groups excluding carboxylic acids is 2. The fourth-order valence-corrected chi connectivity index (χ4v) is 3.94. The maximum atomic E-state index is 13.1. The van der Waals surface area contributed by atoms with Gasteiger partial charge in [-0.25, -0.2) is 9.37 Å². The van der Waals surface area contributed by atoms with E-state index in [2.05, 4.69) is 32.6 Å². The molecule has 180 valence electrons. The van der Waals surface area contributed by atoms with Crippen molar-refractivity contribution in [3.05, 3.63) is 75.9 Å². The number of aromatic nitrogens is 3. The third kappa shape index (κ3) is 5.69. The van der Waals surface area contributed by atoms with Crippen molar-refractivity contribution in [3.63, 3.8) is 0 Å². The van der Waals surface area contributed by atoms with Crippen LogP contribution in [0.2, 0.25) is 5.02 Å². The molecule has 2 aromatic heterocycles. The third-order valence-corrected chi connectivity index (χ3v) is 6.08. The number of pyridine rings is 1. The lowest BCUT2D eigenvalue weighted by Gasteiger charge is -2.36. The Hall–Kier alpha value is -3.70. The normalized spacial score (nSPS) is 16.7. The van der Waals surface area contributed by atoms with Crippen LogP contribution in [-0.2, 0) is 4.79 Å². The third-order valence-electron chi connectivity index (χ3n) is 5.80. The van der Waals surface area contributed by atoms with Crippen molar-refractivity contribution in [2.24, 2.45) is 5.92 Å². The highest BCUT2D eigenvalue weighted by molar-refractivity contribution is 6.34. The molecule has 0 radical (unpaired) electrons. The van der Waals surface area contributed by atoms with E-state index >= 15 is 0 Å². The van der Waals surface area contributed by atoms with Crippen LogP contribution in [0, 0.1) is 30.5 Å². The van der Waals surface area contributed by atoms with Gasteiger partial charge < -0.3 is 10.6 Å². The Labute approximate surface area is 208 Å². The van der Waals surface area contributed by atoms with Gasteiger partial charge in [0.2, 0.25) is 5.91 Å². The largest absolute Gasteiger partial charge is 0.353 e. The van der Waals surface area contributed by atoms with Gasteiger partial charge in [-0.1, -0.05) is 37.3 Å². The first-order valence-corrected chi connectivity index (χ1v) is 11.7. The van der Waals surface area contributed by atoms with Crippen LogP contribution in [0.25, 0.3) is 0 Å². The van der Waals surface area contributed by atoms with Crippen molar-refractivity contribution < 1.29 is 14.0 Å². The first kappa shape index (κ1) is 24.4. The van der Waals surface area contributed by atoms with Crippen LogP contribution < -0.4 is 10.6 Å². The summed E-state index contributed by atoms with van der Waals surface area (Å²) in [6.45, 7) is 5.52. The van der Waals surface area contributed by atoms with E-state index in [9.17, 15) is 14.0 Å². The fourth-order valence-electron chi connectivity index (χ4n) is 3.72. The Balaban J connectivity index is 1.43. The maximum absolute atomic E-state index is 13.1. The number of rotatable bonds is 5. The number of benzene rings is 1. The first-order chi connectivity index (χ1) is 16.7. The summed E-state index contributed by atoms with van der Waals surface area (Å²) in [5.41, 5.74) is 2.33.